The number of halogens is 1. The molecule has 1 aromatic heterocycles. The molecule has 18 heavy (non-hydrogen) atoms. The lowest BCUT2D eigenvalue weighted by atomic mass is 10.3. The molecule has 0 aliphatic carbocycles. The van der Waals surface area contributed by atoms with Crippen molar-refractivity contribution in [3.05, 3.63) is 56.4 Å². The predicted molar refractivity (Wildman–Crippen MR) is 56.8 cm³/mol. The Bertz CT molecular complexity index is 622. The van der Waals surface area contributed by atoms with Crippen molar-refractivity contribution in [2.24, 2.45) is 0 Å². The van der Waals surface area contributed by atoms with Gasteiger partial charge in [-0.05, 0) is 34.1 Å². The molecule has 1 heterocycles. The molecule has 0 spiro atoms. The molecule has 0 aliphatic heterocycles. The molecule has 8 nitrogen and oxygen atoms in total. The first kappa shape index (κ1) is 11.6. The van der Waals surface area contributed by atoms with Gasteiger partial charge in [-0.3, -0.25) is 0 Å². The molecule has 2 aromatic rings. The average Bonchev–Trinajstić information content (AvgIpc) is 2.75. The molecule has 0 aliphatic rings. The molecule has 0 unspecified atom stereocenters. The van der Waals surface area contributed by atoms with Crippen LogP contribution in [0, 0.1) is 26.0 Å². The highest BCUT2D eigenvalue weighted by Gasteiger charge is 2.29. The highest BCUT2D eigenvalue weighted by molar-refractivity contribution is 5.42. The van der Waals surface area contributed by atoms with Gasteiger partial charge in [-0.2, -0.15) is 0 Å². The van der Waals surface area contributed by atoms with Crippen LogP contribution in [0.4, 0.5) is 16.0 Å². The first-order valence-corrected chi connectivity index (χ1v) is 4.64. The molecule has 0 bridgehead atoms. The van der Waals surface area contributed by atoms with E-state index in [0.29, 0.717) is 0 Å². The molecule has 0 amide bonds. The maximum Gasteiger partial charge on any atom is 0.420 e. The Hall–Kier alpha value is -2.84. The molecule has 0 saturated heterocycles. The molecule has 2 rings (SSSR count). The van der Waals surface area contributed by atoms with E-state index in [-0.39, 0.29) is 5.69 Å². The smallest absolute Gasteiger partial charge is 0.358 e. The van der Waals surface area contributed by atoms with E-state index in [0.717, 1.165) is 22.9 Å². The monoisotopic (exact) mass is 252 g/mol. The number of hydrogen-bond acceptors (Lipinski definition) is 5. The van der Waals surface area contributed by atoms with E-state index in [9.17, 15) is 24.6 Å². The van der Waals surface area contributed by atoms with Gasteiger partial charge in [0.15, 0.2) is 10.8 Å². The second-order valence-electron chi connectivity index (χ2n) is 3.26. The van der Waals surface area contributed by atoms with E-state index in [2.05, 4.69) is 5.10 Å². The SMILES string of the molecule is O=[N+]([O-])c1cc([N+](=O)[O-])n(-c2ccc(F)cc2)n1. The summed E-state index contributed by atoms with van der Waals surface area (Å²) in [6.07, 6.45) is 0. The summed E-state index contributed by atoms with van der Waals surface area (Å²) in [7, 11) is 0. The van der Waals surface area contributed by atoms with Crippen molar-refractivity contribution in [1.82, 2.24) is 9.78 Å². The normalized spacial score (nSPS) is 10.3. The average molecular weight is 252 g/mol. The first-order valence-electron chi connectivity index (χ1n) is 4.64. The van der Waals surface area contributed by atoms with E-state index < -0.39 is 27.3 Å². The predicted octanol–water partition coefficient (Wildman–Crippen LogP) is 1.83. The van der Waals surface area contributed by atoms with Gasteiger partial charge in [0.2, 0.25) is 0 Å². The van der Waals surface area contributed by atoms with Crippen molar-refractivity contribution in [1.29, 1.82) is 0 Å². The van der Waals surface area contributed by atoms with Crippen LogP contribution < -0.4 is 0 Å². The third kappa shape index (κ3) is 2.00. The third-order valence-corrected chi connectivity index (χ3v) is 2.12. The van der Waals surface area contributed by atoms with Crippen molar-refractivity contribution in [3.63, 3.8) is 0 Å². The summed E-state index contributed by atoms with van der Waals surface area (Å²) in [6.45, 7) is 0. The molecule has 9 heteroatoms. The van der Waals surface area contributed by atoms with Gasteiger partial charge in [0, 0.05) is 4.68 Å². The Labute approximate surface area is 98.6 Å². The van der Waals surface area contributed by atoms with Crippen LogP contribution in [-0.2, 0) is 0 Å². The van der Waals surface area contributed by atoms with Crippen LogP contribution in [0.5, 0.6) is 0 Å². The fourth-order valence-electron chi connectivity index (χ4n) is 1.35. The van der Waals surface area contributed by atoms with E-state index in [1.807, 2.05) is 0 Å². The molecular formula is C9H5FN4O4. The minimum Gasteiger partial charge on any atom is -0.358 e. The van der Waals surface area contributed by atoms with Crippen LogP contribution in [-0.4, -0.2) is 19.6 Å². The van der Waals surface area contributed by atoms with Crippen LogP contribution in [0.1, 0.15) is 0 Å². The second kappa shape index (κ2) is 4.20. The summed E-state index contributed by atoms with van der Waals surface area (Å²) in [6, 6.07) is 5.36. The van der Waals surface area contributed by atoms with E-state index in [1.165, 1.54) is 12.1 Å². The molecule has 0 radical (unpaired) electrons. The minimum atomic E-state index is -0.840. The lowest BCUT2D eigenvalue weighted by Crippen LogP contribution is -2.02. The molecule has 92 valence electrons. The first-order chi connectivity index (χ1) is 8.49. The fourth-order valence-corrected chi connectivity index (χ4v) is 1.35. The standard InChI is InChI=1S/C9H5FN4O4/c10-6-1-3-7(4-2-6)12-9(14(17)18)5-8(11-12)13(15)16/h1-5H. The maximum atomic E-state index is 12.7. The Morgan fingerprint density at radius 3 is 2.22 bits per heavy atom. The molecular weight excluding hydrogens is 247 g/mol. The zero-order valence-electron chi connectivity index (χ0n) is 8.69. The van der Waals surface area contributed by atoms with Crippen LogP contribution >= 0.6 is 0 Å². The van der Waals surface area contributed by atoms with Gasteiger partial charge in [-0.25, -0.2) is 4.39 Å². The van der Waals surface area contributed by atoms with Crippen molar-refractivity contribution in [3.8, 4) is 5.69 Å². The highest BCUT2D eigenvalue weighted by atomic mass is 19.1. The zero-order valence-corrected chi connectivity index (χ0v) is 8.69. The Balaban J connectivity index is 2.58. The van der Waals surface area contributed by atoms with Crippen molar-refractivity contribution < 1.29 is 14.2 Å². The second-order valence-corrected chi connectivity index (χ2v) is 3.26. The number of hydrogen-bond donors (Lipinski definition) is 0. The van der Waals surface area contributed by atoms with Gasteiger partial charge in [-0.15, -0.1) is 0 Å². The number of nitrogens with zero attached hydrogens (tertiary/aromatic N) is 4. The third-order valence-electron chi connectivity index (χ3n) is 2.12. The van der Waals surface area contributed by atoms with Gasteiger partial charge in [0.05, 0.1) is 0 Å². The summed E-state index contributed by atoms with van der Waals surface area (Å²) < 4.78 is 13.5. The van der Waals surface area contributed by atoms with Gasteiger partial charge in [-0.1, -0.05) is 0 Å². The quantitative estimate of drug-likeness (QED) is 0.612. The molecule has 0 fully saturated rings. The van der Waals surface area contributed by atoms with Crippen LogP contribution in [0.3, 0.4) is 0 Å². The maximum absolute atomic E-state index is 12.7. The van der Waals surface area contributed by atoms with Gasteiger partial charge in [0.25, 0.3) is 0 Å². The number of aromatic nitrogens is 2. The van der Waals surface area contributed by atoms with E-state index >= 15 is 0 Å². The summed E-state index contributed by atoms with van der Waals surface area (Å²) in [5, 5.41) is 24.8. The summed E-state index contributed by atoms with van der Waals surface area (Å²) in [5.41, 5.74) is 0.163. The molecule has 0 atom stereocenters. The van der Waals surface area contributed by atoms with Gasteiger partial charge < -0.3 is 20.2 Å². The summed E-state index contributed by atoms with van der Waals surface area (Å²) in [5.74, 6) is -1.73. The fraction of sp³-hybridized carbons (Fsp3) is 0. The Kier molecular flexibility index (Phi) is 2.72. The Morgan fingerprint density at radius 1 is 1.11 bits per heavy atom. The van der Waals surface area contributed by atoms with Crippen LogP contribution in [0.25, 0.3) is 5.69 Å². The Morgan fingerprint density at radius 2 is 1.72 bits per heavy atom. The van der Waals surface area contributed by atoms with Crippen LogP contribution in [0.2, 0.25) is 0 Å². The van der Waals surface area contributed by atoms with Gasteiger partial charge >= 0.3 is 11.6 Å². The van der Waals surface area contributed by atoms with Crippen LogP contribution in [0.15, 0.2) is 30.3 Å². The highest BCUT2D eigenvalue weighted by Crippen LogP contribution is 2.23. The lowest BCUT2D eigenvalue weighted by Gasteiger charge is -1.94. The van der Waals surface area contributed by atoms with E-state index in [4.69, 9.17) is 0 Å². The topological polar surface area (TPSA) is 104 Å². The van der Waals surface area contributed by atoms with Crippen molar-refractivity contribution >= 4 is 11.6 Å². The van der Waals surface area contributed by atoms with Crippen molar-refractivity contribution in [2.75, 3.05) is 0 Å². The number of nitro groups is 2. The molecule has 0 N–H and O–H groups in total. The summed E-state index contributed by atoms with van der Waals surface area (Å²) >= 11 is 0. The number of benzene rings is 1. The molecule has 1 aromatic carbocycles. The largest absolute Gasteiger partial charge is 0.420 e. The minimum absolute atomic E-state index is 0.163. The molecule has 0 saturated carbocycles. The van der Waals surface area contributed by atoms with E-state index in [1.54, 1.807) is 0 Å². The zero-order chi connectivity index (χ0) is 13.3. The lowest BCUT2D eigenvalue weighted by molar-refractivity contribution is -0.394. The summed E-state index contributed by atoms with van der Waals surface area (Å²) in [4.78, 5) is 19.6. The van der Waals surface area contributed by atoms with Crippen molar-refractivity contribution in [2.45, 2.75) is 0 Å². The van der Waals surface area contributed by atoms with Gasteiger partial charge in [0.1, 0.15) is 11.9 Å². The number of rotatable bonds is 3.